The van der Waals surface area contributed by atoms with E-state index in [2.05, 4.69) is 4.90 Å². The predicted octanol–water partition coefficient (Wildman–Crippen LogP) is 3.84. The van der Waals surface area contributed by atoms with Gasteiger partial charge in [-0.25, -0.2) is 0 Å². The Morgan fingerprint density at radius 1 is 1.19 bits per heavy atom. The lowest BCUT2D eigenvalue weighted by Gasteiger charge is -2.32. The van der Waals surface area contributed by atoms with Gasteiger partial charge in [-0.05, 0) is 32.9 Å². The second-order valence-electron chi connectivity index (χ2n) is 5.00. The van der Waals surface area contributed by atoms with Crippen LogP contribution in [0.5, 0.6) is 0 Å². The van der Waals surface area contributed by atoms with Gasteiger partial charge in [-0.15, -0.1) is 0 Å². The third-order valence-electron chi connectivity index (χ3n) is 3.67. The first-order valence-electron chi connectivity index (χ1n) is 6.18. The third kappa shape index (κ3) is 4.32. The summed E-state index contributed by atoms with van der Waals surface area (Å²) in [5, 5.41) is 0. The molecular weight excluding hydrogens is 215 g/mol. The maximum Gasteiger partial charge on any atom is 0.391 e. The zero-order chi connectivity index (χ0) is 12.2. The molecule has 1 aliphatic rings. The average molecular weight is 237 g/mol. The third-order valence-corrected chi connectivity index (χ3v) is 3.67. The Balaban J connectivity index is 2.26. The van der Waals surface area contributed by atoms with Gasteiger partial charge in [-0.1, -0.05) is 26.2 Å². The second-order valence-corrected chi connectivity index (χ2v) is 5.00. The van der Waals surface area contributed by atoms with Gasteiger partial charge in [0.05, 0.1) is 5.92 Å². The van der Waals surface area contributed by atoms with Crippen LogP contribution in [-0.2, 0) is 0 Å². The van der Waals surface area contributed by atoms with Crippen LogP contribution in [-0.4, -0.2) is 30.7 Å². The number of hydrogen-bond acceptors (Lipinski definition) is 1. The highest BCUT2D eigenvalue weighted by Gasteiger charge is 2.35. The molecule has 1 fully saturated rings. The van der Waals surface area contributed by atoms with Crippen molar-refractivity contribution in [2.75, 3.05) is 13.6 Å². The van der Waals surface area contributed by atoms with Crippen molar-refractivity contribution in [3.63, 3.8) is 0 Å². The molecule has 0 saturated heterocycles. The highest BCUT2D eigenvalue weighted by molar-refractivity contribution is 4.74. The fourth-order valence-corrected chi connectivity index (χ4v) is 2.27. The highest BCUT2D eigenvalue weighted by atomic mass is 19.4. The summed E-state index contributed by atoms with van der Waals surface area (Å²) in [6.07, 6.45) is 2.22. The Morgan fingerprint density at radius 3 is 2.25 bits per heavy atom. The maximum atomic E-state index is 12.3. The summed E-state index contributed by atoms with van der Waals surface area (Å²) in [5.74, 6) is -1.18. The van der Waals surface area contributed by atoms with E-state index >= 15 is 0 Å². The molecule has 0 aliphatic heterocycles. The van der Waals surface area contributed by atoms with E-state index in [4.69, 9.17) is 0 Å². The molecule has 1 nitrogen and oxygen atoms in total. The molecule has 1 rings (SSSR count). The number of nitrogens with zero attached hydrogens (tertiary/aromatic N) is 1. The van der Waals surface area contributed by atoms with Crippen molar-refractivity contribution in [1.82, 2.24) is 4.90 Å². The van der Waals surface area contributed by atoms with Crippen LogP contribution in [0.1, 0.15) is 45.4 Å². The van der Waals surface area contributed by atoms with Gasteiger partial charge in [0.2, 0.25) is 0 Å². The van der Waals surface area contributed by atoms with Crippen LogP contribution < -0.4 is 0 Å². The Bertz CT molecular complexity index is 197. The molecule has 1 atom stereocenters. The first-order chi connectivity index (χ1) is 7.41. The molecule has 0 heterocycles. The van der Waals surface area contributed by atoms with E-state index < -0.39 is 12.1 Å². The zero-order valence-corrected chi connectivity index (χ0v) is 10.2. The molecule has 0 spiro atoms. The lowest BCUT2D eigenvalue weighted by molar-refractivity contribution is -0.172. The van der Waals surface area contributed by atoms with Crippen molar-refractivity contribution < 1.29 is 13.2 Å². The van der Waals surface area contributed by atoms with E-state index in [1.807, 2.05) is 7.05 Å². The summed E-state index contributed by atoms with van der Waals surface area (Å²) in [6, 6.07) is 0.509. The molecule has 0 aromatic heterocycles. The van der Waals surface area contributed by atoms with Crippen molar-refractivity contribution >= 4 is 0 Å². The van der Waals surface area contributed by atoms with Crippen molar-refractivity contribution in [2.45, 2.75) is 57.7 Å². The van der Waals surface area contributed by atoms with E-state index in [0.717, 1.165) is 12.8 Å². The van der Waals surface area contributed by atoms with E-state index in [9.17, 15) is 13.2 Å². The molecule has 16 heavy (non-hydrogen) atoms. The topological polar surface area (TPSA) is 3.24 Å². The summed E-state index contributed by atoms with van der Waals surface area (Å²) in [5.41, 5.74) is 0. The molecular formula is C12H22F3N. The van der Waals surface area contributed by atoms with E-state index in [0.29, 0.717) is 12.6 Å². The van der Waals surface area contributed by atoms with Crippen LogP contribution in [0.4, 0.5) is 13.2 Å². The van der Waals surface area contributed by atoms with Gasteiger partial charge in [0.1, 0.15) is 0 Å². The fraction of sp³-hybridized carbons (Fsp3) is 1.00. The average Bonchev–Trinajstić information content (AvgIpc) is 2.25. The summed E-state index contributed by atoms with van der Waals surface area (Å²) < 4.78 is 37.0. The Hall–Kier alpha value is -0.250. The number of rotatable bonds is 4. The van der Waals surface area contributed by atoms with Gasteiger partial charge < -0.3 is 4.90 Å². The van der Waals surface area contributed by atoms with Crippen LogP contribution in [0.15, 0.2) is 0 Å². The first-order valence-corrected chi connectivity index (χ1v) is 6.18. The van der Waals surface area contributed by atoms with Crippen LogP contribution in [0.25, 0.3) is 0 Å². The van der Waals surface area contributed by atoms with Gasteiger partial charge in [-0.2, -0.15) is 13.2 Å². The lowest BCUT2D eigenvalue weighted by Crippen LogP contribution is -2.36. The summed E-state index contributed by atoms with van der Waals surface area (Å²) in [7, 11) is 1.96. The SMILES string of the molecule is CC(CCN(C)C1CCCCC1)C(F)(F)F. The summed E-state index contributed by atoms with van der Waals surface area (Å²) in [6.45, 7) is 1.83. The quantitative estimate of drug-likeness (QED) is 0.718. The molecule has 96 valence electrons. The van der Waals surface area contributed by atoms with E-state index in [-0.39, 0.29) is 6.42 Å². The monoisotopic (exact) mass is 237 g/mol. The molecule has 0 aromatic carbocycles. The first kappa shape index (κ1) is 13.8. The number of alkyl halides is 3. The normalized spacial score (nSPS) is 21.4. The standard InChI is InChI=1S/C12H22F3N/c1-10(12(13,14)15)8-9-16(2)11-6-4-3-5-7-11/h10-11H,3-9H2,1-2H3. The van der Waals surface area contributed by atoms with Crippen LogP contribution >= 0.6 is 0 Å². The molecule has 1 unspecified atom stereocenters. The minimum Gasteiger partial charge on any atom is -0.303 e. The molecule has 1 aliphatic carbocycles. The molecule has 0 bridgehead atoms. The fourth-order valence-electron chi connectivity index (χ4n) is 2.27. The molecule has 0 aromatic rings. The minimum absolute atomic E-state index is 0.219. The predicted molar refractivity (Wildman–Crippen MR) is 59.3 cm³/mol. The second kappa shape index (κ2) is 5.89. The number of hydrogen-bond donors (Lipinski definition) is 0. The smallest absolute Gasteiger partial charge is 0.303 e. The van der Waals surface area contributed by atoms with Gasteiger partial charge in [0.25, 0.3) is 0 Å². The molecule has 1 saturated carbocycles. The van der Waals surface area contributed by atoms with Crippen LogP contribution in [0.2, 0.25) is 0 Å². The van der Waals surface area contributed by atoms with Crippen molar-refractivity contribution in [3.8, 4) is 0 Å². The number of halogens is 3. The lowest BCUT2D eigenvalue weighted by atomic mass is 9.94. The van der Waals surface area contributed by atoms with Gasteiger partial charge in [0.15, 0.2) is 0 Å². The summed E-state index contributed by atoms with van der Waals surface area (Å²) in [4.78, 5) is 2.11. The highest BCUT2D eigenvalue weighted by Crippen LogP contribution is 2.29. The van der Waals surface area contributed by atoms with Gasteiger partial charge >= 0.3 is 6.18 Å². The van der Waals surface area contributed by atoms with Crippen molar-refractivity contribution in [1.29, 1.82) is 0 Å². The zero-order valence-electron chi connectivity index (χ0n) is 10.2. The van der Waals surface area contributed by atoms with Crippen LogP contribution in [0, 0.1) is 5.92 Å². The van der Waals surface area contributed by atoms with E-state index in [1.165, 1.54) is 26.2 Å². The Labute approximate surface area is 96.0 Å². The van der Waals surface area contributed by atoms with E-state index in [1.54, 1.807) is 0 Å². The molecule has 0 N–H and O–H groups in total. The van der Waals surface area contributed by atoms with Gasteiger partial charge in [-0.3, -0.25) is 0 Å². The van der Waals surface area contributed by atoms with Crippen molar-refractivity contribution in [2.24, 2.45) is 5.92 Å². The van der Waals surface area contributed by atoms with Gasteiger partial charge in [0, 0.05) is 6.04 Å². The van der Waals surface area contributed by atoms with Crippen molar-refractivity contribution in [3.05, 3.63) is 0 Å². The van der Waals surface area contributed by atoms with Crippen LogP contribution in [0.3, 0.4) is 0 Å². The Morgan fingerprint density at radius 2 is 1.75 bits per heavy atom. The molecule has 0 amide bonds. The largest absolute Gasteiger partial charge is 0.391 e. The minimum atomic E-state index is -4.03. The molecule has 4 heteroatoms. The maximum absolute atomic E-state index is 12.3. The Kier molecular flexibility index (Phi) is 5.09. The summed E-state index contributed by atoms with van der Waals surface area (Å²) >= 11 is 0. The molecule has 0 radical (unpaired) electrons.